The summed E-state index contributed by atoms with van der Waals surface area (Å²) in [6, 6.07) is 20.8. The van der Waals surface area contributed by atoms with E-state index in [-0.39, 0.29) is 11.8 Å². The molecule has 210 valence electrons. The molecule has 0 aromatic heterocycles. The van der Waals surface area contributed by atoms with E-state index in [4.69, 9.17) is 4.74 Å². The van der Waals surface area contributed by atoms with Gasteiger partial charge < -0.3 is 25.2 Å². The maximum absolute atomic E-state index is 13.3. The Morgan fingerprint density at radius 2 is 1.73 bits per heavy atom. The zero-order chi connectivity index (χ0) is 28.3. The van der Waals surface area contributed by atoms with E-state index in [9.17, 15) is 14.4 Å². The molecule has 0 spiro atoms. The van der Waals surface area contributed by atoms with Gasteiger partial charge in [-0.25, -0.2) is 4.79 Å². The first-order chi connectivity index (χ1) is 20.0. The van der Waals surface area contributed by atoms with Crippen LogP contribution in [0.5, 0.6) is 0 Å². The Morgan fingerprint density at radius 1 is 0.927 bits per heavy atom. The molecule has 0 saturated carbocycles. The van der Waals surface area contributed by atoms with Crippen molar-refractivity contribution in [3.63, 3.8) is 0 Å². The predicted octanol–water partition coefficient (Wildman–Crippen LogP) is 5.17. The highest BCUT2D eigenvalue weighted by molar-refractivity contribution is 6.37. The number of nitrogens with one attached hydrogen (secondary N) is 2. The van der Waals surface area contributed by atoms with Gasteiger partial charge in [0, 0.05) is 36.4 Å². The van der Waals surface area contributed by atoms with Gasteiger partial charge in [0.25, 0.3) is 5.91 Å². The highest BCUT2D eigenvalue weighted by Crippen LogP contribution is 2.39. The average molecular weight is 551 g/mol. The van der Waals surface area contributed by atoms with Crippen LogP contribution in [0.15, 0.2) is 66.7 Å². The fourth-order valence-corrected chi connectivity index (χ4v) is 6.00. The van der Waals surface area contributed by atoms with Crippen molar-refractivity contribution < 1.29 is 19.1 Å². The zero-order valence-corrected chi connectivity index (χ0v) is 23.2. The quantitative estimate of drug-likeness (QED) is 0.312. The summed E-state index contributed by atoms with van der Waals surface area (Å²) in [6.07, 6.45) is 5.06. The molecule has 0 atom stereocenters. The Balaban J connectivity index is 1.27. The number of nitrogens with zero attached hydrogens (tertiary/aromatic N) is 2. The van der Waals surface area contributed by atoms with Crippen molar-refractivity contribution in [1.82, 2.24) is 4.90 Å². The van der Waals surface area contributed by atoms with Crippen LogP contribution >= 0.6 is 0 Å². The molecule has 1 fully saturated rings. The van der Waals surface area contributed by atoms with Crippen molar-refractivity contribution >= 4 is 46.1 Å². The molecule has 2 amide bonds. The van der Waals surface area contributed by atoms with Gasteiger partial charge in [-0.05, 0) is 73.8 Å². The lowest BCUT2D eigenvalue weighted by atomic mass is 9.99. The molecule has 0 unspecified atom stereocenters. The second kappa shape index (κ2) is 11.6. The number of methoxy groups -OCH3 is 1. The van der Waals surface area contributed by atoms with Gasteiger partial charge in [-0.2, -0.15) is 0 Å². The summed E-state index contributed by atoms with van der Waals surface area (Å²) in [6.45, 7) is 3.69. The summed E-state index contributed by atoms with van der Waals surface area (Å²) in [5, 5.41) is 6.42. The highest BCUT2D eigenvalue weighted by atomic mass is 16.5. The van der Waals surface area contributed by atoms with E-state index < -0.39 is 5.97 Å². The van der Waals surface area contributed by atoms with Crippen molar-refractivity contribution in [2.24, 2.45) is 0 Å². The Kier molecular flexibility index (Phi) is 7.57. The van der Waals surface area contributed by atoms with Crippen LogP contribution < -0.4 is 15.5 Å². The largest absolute Gasteiger partial charge is 0.465 e. The van der Waals surface area contributed by atoms with Crippen LogP contribution in [0.4, 0.5) is 17.1 Å². The summed E-state index contributed by atoms with van der Waals surface area (Å²) in [5.41, 5.74) is 6.58. The number of amides is 2. The minimum Gasteiger partial charge on any atom is -0.465 e. The maximum Gasteiger partial charge on any atom is 0.337 e. The van der Waals surface area contributed by atoms with Crippen molar-refractivity contribution in [1.29, 1.82) is 0 Å². The smallest absolute Gasteiger partial charge is 0.337 e. The molecule has 0 radical (unpaired) electrons. The van der Waals surface area contributed by atoms with Crippen molar-refractivity contribution in [2.75, 3.05) is 48.8 Å². The van der Waals surface area contributed by atoms with Crippen molar-refractivity contribution in [3.05, 3.63) is 89.0 Å². The van der Waals surface area contributed by atoms with Crippen LogP contribution in [-0.4, -0.2) is 56.0 Å². The molecule has 3 aliphatic heterocycles. The number of esters is 1. The number of likely N-dealkylation sites (tertiary alicyclic amines) is 1. The number of benzene rings is 3. The minimum atomic E-state index is -0.460. The van der Waals surface area contributed by atoms with Gasteiger partial charge in [0.05, 0.1) is 29.6 Å². The lowest BCUT2D eigenvalue weighted by Gasteiger charge is -2.27. The molecule has 0 aliphatic carbocycles. The van der Waals surface area contributed by atoms with Gasteiger partial charge in [-0.1, -0.05) is 42.8 Å². The van der Waals surface area contributed by atoms with Crippen molar-refractivity contribution in [3.8, 4) is 0 Å². The summed E-state index contributed by atoms with van der Waals surface area (Å²) in [4.78, 5) is 42.8. The van der Waals surface area contributed by atoms with E-state index in [1.807, 2.05) is 47.4 Å². The van der Waals surface area contributed by atoms with Crippen LogP contribution in [0.2, 0.25) is 0 Å². The number of rotatable bonds is 7. The van der Waals surface area contributed by atoms with Gasteiger partial charge in [-0.3, -0.25) is 9.59 Å². The van der Waals surface area contributed by atoms with Gasteiger partial charge in [0.15, 0.2) is 0 Å². The molecule has 3 heterocycles. The Labute approximate surface area is 240 Å². The molecule has 3 aromatic rings. The third kappa shape index (κ3) is 5.47. The van der Waals surface area contributed by atoms with Crippen LogP contribution in [-0.2, 0) is 20.7 Å². The van der Waals surface area contributed by atoms with E-state index in [1.165, 1.54) is 26.4 Å². The number of fused-ring (bicyclic) bond motifs is 2. The third-order valence-corrected chi connectivity index (χ3v) is 8.13. The first kappa shape index (κ1) is 26.8. The third-order valence-electron chi connectivity index (χ3n) is 8.13. The summed E-state index contributed by atoms with van der Waals surface area (Å²) >= 11 is 0. The molecule has 3 aliphatic rings. The molecule has 1 saturated heterocycles. The SMILES string of the molecule is COC(=O)c1ccc2c(c1)NC(=O)/C2=C(\Nc1ccc2c(c1)CCN2C(=O)CCN1CCCCC1)c1ccccc1. The standard InChI is InChI=1S/C33H34N4O4/c1-41-33(40)24-10-12-26-27(21-24)35-32(39)30(26)31(22-8-4-2-5-9-22)34-25-11-13-28-23(20-25)14-19-37(28)29(38)15-18-36-16-6-3-7-17-36/h2,4-5,8-13,20-21,34H,3,6-7,14-19H2,1H3,(H,35,39)/b31-30-. The van der Waals surface area contributed by atoms with Crippen LogP contribution in [0.3, 0.4) is 0 Å². The number of piperidine rings is 1. The Morgan fingerprint density at radius 3 is 2.51 bits per heavy atom. The molecule has 41 heavy (non-hydrogen) atoms. The van der Waals surface area contributed by atoms with Crippen LogP contribution in [0.25, 0.3) is 11.3 Å². The number of carbonyl (C=O) groups is 3. The van der Waals surface area contributed by atoms with E-state index in [2.05, 4.69) is 21.6 Å². The second-order valence-electron chi connectivity index (χ2n) is 10.7. The molecule has 2 N–H and O–H groups in total. The van der Waals surface area contributed by atoms with E-state index in [0.29, 0.717) is 41.1 Å². The first-order valence-electron chi connectivity index (χ1n) is 14.3. The fraction of sp³-hybridized carbons (Fsp3) is 0.303. The average Bonchev–Trinajstić information content (AvgIpc) is 3.58. The van der Waals surface area contributed by atoms with E-state index >= 15 is 0 Å². The summed E-state index contributed by atoms with van der Waals surface area (Å²) in [7, 11) is 1.33. The summed E-state index contributed by atoms with van der Waals surface area (Å²) in [5.74, 6) is -0.536. The first-order valence-corrected chi connectivity index (χ1v) is 14.3. The predicted molar refractivity (Wildman–Crippen MR) is 161 cm³/mol. The Hall–Kier alpha value is -4.43. The topological polar surface area (TPSA) is 91.0 Å². The lowest BCUT2D eigenvalue weighted by molar-refractivity contribution is -0.119. The summed E-state index contributed by atoms with van der Waals surface area (Å²) < 4.78 is 4.84. The molecule has 8 nitrogen and oxygen atoms in total. The van der Waals surface area contributed by atoms with Crippen molar-refractivity contribution in [2.45, 2.75) is 32.1 Å². The molecular formula is C33H34N4O4. The molecular weight excluding hydrogens is 516 g/mol. The number of hydrogen-bond donors (Lipinski definition) is 2. The van der Waals surface area contributed by atoms with Gasteiger partial charge in [-0.15, -0.1) is 0 Å². The minimum absolute atomic E-state index is 0.174. The number of hydrogen-bond acceptors (Lipinski definition) is 6. The van der Waals surface area contributed by atoms with Gasteiger partial charge in [0.2, 0.25) is 5.91 Å². The maximum atomic E-state index is 13.3. The number of anilines is 3. The highest BCUT2D eigenvalue weighted by Gasteiger charge is 2.30. The van der Waals surface area contributed by atoms with Gasteiger partial charge >= 0.3 is 5.97 Å². The van der Waals surface area contributed by atoms with Gasteiger partial charge in [0.1, 0.15) is 0 Å². The second-order valence-corrected chi connectivity index (χ2v) is 10.7. The number of ether oxygens (including phenoxy) is 1. The fourth-order valence-electron chi connectivity index (χ4n) is 6.00. The molecule has 3 aromatic carbocycles. The molecule has 6 rings (SSSR count). The molecule has 0 bridgehead atoms. The number of carbonyl (C=O) groups excluding carboxylic acids is 3. The van der Waals surface area contributed by atoms with Crippen LogP contribution in [0, 0.1) is 0 Å². The molecule has 8 heteroatoms. The lowest BCUT2D eigenvalue weighted by Crippen LogP contribution is -2.35. The zero-order valence-electron chi connectivity index (χ0n) is 23.2. The van der Waals surface area contributed by atoms with E-state index in [0.717, 1.165) is 48.6 Å². The van der Waals surface area contributed by atoms with Crippen LogP contribution in [0.1, 0.15) is 52.7 Å². The Bertz CT molecular complexity index is 1530. The monoisotopic (exact) mass is 550 g/mol. The van der Waals surface area contributed by atoms with E-state index in [1.54, 1.807) is 18.2 Å². The normalized spacial score (nSPS) is 17.5.